The molecule has 0 spiro atoms. The third-order valence-electron chi connectivity index (χ3n) is 4.45. The average Bonchev–Trinajstić information content (AvgIpc) is 3.14. The van der Waals surface area contributed by atoms with E-state index in [2.05, 4.69) is 5.32 Å². The van der Waals surface area contributed by atoms with E-state index in [-0.39, 0.29) is 29.6 Å². The van der Waals surface area contributed by atoms with Crippen molar-refractivity contribution in [1.29, 1.82) is 0 Å². The number of amides is 1. The molecule has 0 unspecified atom stereocenters. The van der Waals surface area contributed by atoms with Gasteiger partial charge in [-0.05, 0) is 43.0 Å². The molecule has 2 aromatic rings. The summed E-state index contributed by atoms with van der Waals surface area (Å²) in [7, 11) is 1.45. The van der Waals surface area contributed by atoms with E-state index in [4.69, 9.17) is 9.84 Å². The molecule has 27 heavy (non-hydrogen) atoms. The van der Waals surface area contributed by atoms with Crippen molar-refractivity contribution in [2.75, 3.05) is 12.4 Å². The molecule has 140 valence electrons. The van der Waals surface area contributed by atoms with Crippen LogP contribution in [0.15, 0.2) is 47.5 Å². The van der Waals surface area contributed by atoms with Crippen LogP contribution in [0.4, 0.5) is 14.5 Å². The van der Waals surface area contributed by atoms with E-state index < -0.39 is 29.2 Å². The predicted molar refractivity (Wildman–Crippen MR) is 95.5 cm³/mol. The molecule has 0 saturated carbocycles. The molecular weight excluding hydrogens is 356 g/mol. The maximum absolute atomic E-state index is 14.5. The van der Waals surface area contributed by atoms with Gasteiger partial charge in [0.15, 0.2) is 0 Å². The quantitative estimate of drug-likeness (QED) is 0.826. The number of halogens is 2. The third-order valence-corrected chi connectivity index (χ3v) is 4.45. The van der Waals surface area contributed by atoms with E-state index in [0.717, 1.165) is 12.1 Å². The molecule has 1 amide bonds. The number of rotatable bonds is 5. The van der Waals surface area contributed by atoms with E-state index in [1.54, 1.807) is 24.3 Å². The zero-order valence-electron chi connectivity index (χ0n) is 14.5. The summed E-state index contributed by atoms with van der Waals surface area (Å²) in [6.45, 7) is 0. The van der Waals surface area contributed by atoms with Gasteiger partial charge in [0.2, 0.25) is 0 Å². The lowest BCUT2D eigenvalue weighted by molar-refractivity contribution is -0.133. The Morgan fingerprint density at radius 2 is 1.70 bits per heavy atom. The molecular formula is C20H17F2NO4. The topological polar surface area (TPSA) is 75.6 Å². The van der Waals surface area contributed by atoms with E-state index in [0.29, 0.717) is 17.7 Å². The summed E-state index contributed by atoms with van der Waals surface area (Å²) < 4.78 is 34.2. The SMILES string of the molecule is COc1ccccc1-c1cc(F)c(NC(=O)C2=C(C(=O)O)CCC2)c(F)c1. The van der Waals surface area contributed by atoms with Crippen molar-refractivity contribution in [3.63, 3.8) is 0 Å². The monoisotopic (exact) mass is 373 g/mol. The summed E-state index contributed by atoms with van der Waals surface area (Å²) in [5.41, 5.74) is 0.186. The van der Waals surface area contributed by atoms with Crippen LogP contribution in [0.25, 0.3) is 11.1 Å². The van der Waals surface area contributed by atoms with E-state index >= 15 is 0 Å². The number of hydrogen-bond acceptors (Lipinski definition) is 3. The largest absolute Gasteiger partial charge is 0.496 e. The van der Waals surface area contributed by atoms with Crippen LogP contribution in [0, 0.1) is 11.6 Å². The number of hydrogen-bond donors (Lipinski definition) is 2. The molecule has 0 heterocycles. The minimum absolute atomic E-state index is 0.0149. The maximum atomic E-state index is 14.5. The molecule has 5 nitrogen and oxygen atoms in total. The van der Waals surface area contributed by atoms with Gasteiger partial charge in [0.25, 0.3) is 5.91 Å². The second kappa shape index (κ2) is 7.57. The van der Waals surface area contributed by atoms with E-state index in [1.165, 1.54) is 7.11 Å². The van der Waals surface area contributed by atoms with Gasteiger partial charge in [-0.25, -0.2) is 13.6 Å². The summed E-state index contributed by atoms with van der Waals surface area (Å²) in [6, 6.07) is 8.96. The number of para-hydroxylation sites is 1. The number of carbonyl (C=O) groups excluding carboxylic acids is 1. The zero-order valence-corrected chi connectivity index (χ0v) is 14.5. The lowest BCUT2D eigenvalue weighted by Gasteiger charge is -2.13. The summed E-state index contributed by atoms with van der Waals surface area (Å²) >= 11 is 0. The number of anilines is 1. The lowest BCUT2D eigenvalue weighted by Crippen LogP contribution is -2.18. The van der Waals surface area contributed by atoms with Gasteiger partial charge >= 0.3 is 5.97 Å². The van der Waals surface area contributed by atoms with Gasteiger partial charge in [-0.15, -0.1) is 0 Å². The van der Waals surface area contributed by atoms with Crippen LogP contribution < -0.4 is 10.1 Å². The van der Waals surface area contributed by atoms with Crippen LogP contribution in [-0.4, -0.2) is 24.1 Å². The Balaban J connectivity index is 1.93. The fourth-order valence-corrected chi connectivity index (χ4v) is 3.15. The number of ether oxygens (including phenoxy) is 1. The van der Waals surface area contributed by atoms with Gasteiger partial charge in [0.05, 0.1) is 7.11 Å². The Morgan fingerprint density at radius 3 is 2.33 bits per heavy atom. The molecule has 0 radical (unpaired) electrons. The van der Waals surface area contributed by atoms with Gasteiger partial charge in [-0.2, -0.15) is 0 Å². The first kappa shape index (κ1) is 18.6. The highest BCUT2D eigenvalue weighted by Crippen LogP contribution is 2.34. The Hall–Kier alpha value is -3.22. The summed E-state index contributed by atoms with van der Waals surface area (Å²) in [6.07, 6.45) is 1.04. The molecule has 1 aliphatic carbocycles. The summed E-state index contributed by atoms with van der Waals surface area (Å²) in [5, 5.41) is 11.3. The van der Waals surface area contributed by atoms with Crippen molar-refractivity contribution in [2.45, 2.75) is 19.3 Å². The van der Waals surface area contributed by atoms with Crippen molar-refractivity contribution in [2.24, 2.45) is 0 Å². The maximum Gasteiger partial charge on any atom is 0.332 e. The first-order valence-corrected chi connectivity index (χ1v) is 8.31. The number of nitrogens with one attached hydrogen (secondary N) is 1. The lowest BCUT2D eigenvalue weighted by atomic mass is 10.0. The molecule has 3 rings (SSSR count). The number of aliphatic carboxylic acids is 1. The predicted octanol–water partition coefficient (Wildman–Crippen LogP) is 4.14. The number of methoxy groups -OCH3 is 1. The van der Waals surface area contributed by atoms with Crippen LogP contribution in [-0.2, 0) is 9.59 Å². The van der Waals surface area contributed by atoms with Gasteiger partial charge < -0.3 is 15.2 Å². The molecule has 0 fully saturated rings. The Labute approximate surface area is 154 Å². The average molecular weight is 373 g/mol. The fraction of sp³-hybridized carbons (Fsp3) is 0.200. The second-order valence-corrected chi connectivity index (χ2v) is 6.09. The molecule has 0 atom stereocenters. The van der Waals surface area contributed by atoms with Gasteiger partial charge in [0, 0.05) is 16.7 Å². The third kappa shape index (κ3) is 3.67. The standard InChI is InChI=1S/C20H17F2NO4/c1-27-17-8-3-2-5-12(17)11-9-15(21)18(16(22)10-11)23-19(24)13-6-4-7-14(13)20(25)26/h2-3,5,8-10H,4,6-7H2,1H3,(H,23,24)(H,25,26). The molecule has 2 N–H and O–H groups in total. The van der Waals surface area contributed by atoms with Crippen molar-refractivity contribution in [3.05, 3.63) is 59.2 Å². The van der Waals surface area contributed by atoms with Gasteiger partial charge in [-0.3, -0.25) is 4.79 Å². The van der Waals surface area contributed by atoms with Crippen LogP contribution in [0.1, 0.15) is 19.3 Å². The fourth-order valence-electron chi connectivity index (χ4n) is 3.15. The van der Waals surface area contributed by atoms with Crippen molar-refractivity contribution >= 4 is 17.6 Å². The number of carboxylic acid groups (broad SMARTS) is 1. The van der Waals surface area contributed by atoms with Crippen LogP contribution in [0.2, 0.25) is 0 Å². The Kier molecular flexibility index (Phi) is 5.21. The van der Waals surface area contributed by atoms with Crippen LogP contribution in [0.5, 0.6) is 5.75 Å². The van der Waals surface area contributed by atoms with Crippen molar-refractivity contribution in [1.82, 2.24) is 0 Å². The highest BCUT2D eigenvalue weighted by atomic mass is 19.1. The molecule has 0 bridgehead atoms. The highest BCUT2D eigenvalue weighted by molar-refractivity contribution is 6.09. The second-order valence-electron chi connectivity index (χ2n) is 6.09. The first-order chi connectivity index (χ1) is 12.9. The Bertz CT molecular complexity index is 930. The molecule has 0 aromatic heterocycles. The van der Waals surface area contributed by atoms with Gasteiger partial charge in [0.1, 0.15) is 23.1 Å². The first-order valence-electron chi connectivity index (χ1n) is 8.31. The number of carbonyl (C=O) groups is 2. The van der Waals surface area contributed by atoms with E-state index in [9.17, 15) is 18.4 Å². The number of benzene rings is 2. The summed E-state index contributed by atoms with van der Waals surface area (Å²) in [5.74, 6) is -3.45. The smallest absolute Gasteiger partial charge is 0.332 e. The minimum atomic E-state index is -1.19. The number of carboxylic acids is 1. The Morgan fingerprint density at radius 1 is 1.07 bits per heavy atom. The molecule has 2 aromatic carbocycles. The zero-order chi connectivity index (χ0) is 19.6. The highest BCUT2D eigenvalue weighted by Gasteiger charge is 2.26. The van der Waals surface area contributed by atoms with Gasteiger partial charge in [-0.1, -0.05) is 18.2 Å². The molecule has 1 aliphatic rings. The summed E-state index contributed by atoms with van der Waals surface area (Å²) in [4.78, 5) is 23.5. The van der Waals surface area contributed by atoms with Crippen LogP contribution in [0.3, 0.4) is 0 Å². The normalized spacial score (nSPS) is 13.6. The molecule has 0 saturated heterocycles. The molecule has 7 heteroatoms. The molecule has 0 aliphatic heterocycles. The minimum Gasteiger partial charge on any atom is -0.496 e. The van der Waals surface area contributed by atoms with Crippen molar-refractivity contribution in [3.8, 4) is 16.9 Å². The van der Waals surface area contributed by atoms with E-state index in [1.807, 2.05) is 0 Å². The van der Waals surface area contributed by atoms with Crippen molar-refractivity contribution < 1.29 is 28.2 Å². The van der Waals surface area contributed by atoms with Crippen LogP contribution >= 0.6 is 0 Å².